The maximum Gasteiger partial charge on any atom is 0.432 e. The SMILES string of the molecule is c1ccc(-c2cc(-c3ccccc3)cc(N3c4cc5ccsc5c5c4B(Oc4ccc(-c6ccccc6)cc4-5)c4c3ccc3ccccc43)c2)cc1. The van der Waals surface area contributed by atoms with Gasteiger partial charge in [-0.15, -0.1) is 11.3 Å². The van der Waals surface area contributed by atoms with Crippen LogP contribution in [0.3, 0.4) is 0 Å². The van der Waals surface area contributed by atoms with E-state index in [1.807, 2.05) is 11.3 Å². The van der Waals surface area contributed by atoms with Crippen molar-refractivity contribution in [1.29, 1.82) is 0 Å². The minimum atomic E-state index is -0.269. The predicted octanol–water partition coefficient (Wildman–Crippen LogP) is 12.0. The Morgan fingerprint density at radius 1 is 0.462 bits per heavy atom. The van der Waals surface area contributed by atoms with Gasteiger partial charge in [-0.1, -0.05) is 127 Å². The molecular formula is C48H30BNOS. The van der Waals surface area contributed by atoms with Crippen molar-refractivity contribution >= 4 is 67.1 Å². The fourth-order valence-corrected chi connectivity index (χ4v) is 9.31. The Hall–Kier alpha value is -6.36. The average molecular weight is 680 g/mol. The summed E-state index contributed by atoms with van der Waals surface area (Å²) in [6.07, 6.45) is 0. The maximum atomic E-state index is 7.24. The first-order valence-electron chi connectivity index (χ1n) is 17.8. The number of fused-ring (bicyclic) bond motifs is 8. The predicted molar refractivity (Wildman–Crippen MR) is 221 cm³/mol. The minimum absolute atomic E-state index is 0.269. The van der Waals surface area contributed by atoms with Crippen molar-refractivity contribution in [3.63, 3.8) is 0 Å². The summed E-state index contributed by atoms with van der Waals surface area (Å²) < 4.78 is 8.54. The Labute approximate surface area is 306 Å². The van der Waals surface area contributed by atoms with E-state index in [-0.39, 0.29) is 6.92 Å². The van der Waals surface area contributed by atoms with E-state index in [0.29, 0.717) is 0 Å². The van der Waals surface area contributed by atoms with Gasteiger partial charge in [0.15, 0.2) is 0 Å². The van der Waals surface area contributed by atoms with E-state index in [2.05, 4.69) is 186 Å². The molecule has 0 amide bonds. The second-order valence-electron chi connectivity index (χ2n) is 13.7. The third-order valence-electron chi connectivity index (χ3n) is 10.7. The number of nitrogens with zero attached hydrogens (tertiary/aromatic N) is 1. The molecule has 0 spiro atoms. The van der Waals surface area contributed by atoms with Gasteiger partial charge in [-0.3, -0.25) is 0 Å². The Morgan fingerprint density at radius 3 is 1.83 bits per heavy atom. The smallest absolute Gasteiger partial charge is 0.432 e. The van der Waals surface area contributed by atoms with E-state index in [1.54, 1.807) is 0 Å². The second-order valence-corrected chi connectivity index (χ2v) is 14.6. The maximum absolute atomic E-state index is 7.24. The molecule has 9 aromatic rings. The summed E-state index contributed by atoms with van der Waals surface area (Å²) in [6.45, 7) is -0.269. The molecule has 3 heterocycles. The quantitative estimate of drug-likeness (QED) is 0.172. The van der Waals surface area contributed by atoms with Crippen LogP contribution in [0.2, 0.25) is 0 Å². The molecule has 0 aliphatic carbocycles. The fraction of sp³-hybridized carbons (Fsp3) is 0. The third kappa shape index (κ3) is 4.51. The first-order valence-corrected chi connectivity index (χ1v) is 18.6. The topological polar surface area (TPSA) is 12.5 Å². The number of hydrogen-bond acceptors (Lipinski definition) is 3. The number of rotatable bonds is 4. The van der Waals surface area contributed by atoms with Crippen LogP contribution >= 0.6 is 11.3 Å². The van der Waals surface area contributed by atoms with Crippen LogP contribution in [-0.4, -0.2) is 6.92 Å². The van der Waals surface area contributed by atoms with Crippen LogP contribution in [0.15, 0.2) is 181 Å². The Kier molecular flexibility index (Phi) is 6.55. The van der Waals surface area contributed by atoms with Crippen LogP contribution in [0, 0.1) is 0 Å². The zero-order chi connectivity index (χ0) is 34.2. The lowest BCUT2D eigenvalue weighted by Crippen LogP contribution is -2.56. The van der Waals surface area contributed by atoms with Crippen LogP contribution in [0.4, 0.5) is 17.1 Å². The largest absolute Gasteiger partial charge is 0.551 e. The molecule has 0 saturated heterocycles. The first-order chi connectivity index (χ1) is 25.8. The van der Waals surface area contributed by atoms with E-state index in [9.17, 15) is 0 Å². The fourth-order valence-electron chi connectivity index (χ4n) is 8.35. The first kappa shape index (κ1) is 29.4. The summed E-state index contributed by atoms with van der Waals surface area (Å²) in [5.74, 6) is 0.925. The van der Waals surface area contributed by atoms with Crippen molar-refractivity contribution in [1.82, 2.24) is 0 Å². The molecule has 0 saturated carbocycles. The van der Waals surface area contributed by atoms with Gasteiger partial charge in [0.25, 0.3) is 0 Å². The summed E-state index contributed by atoms with van der Waals surface area (Å²) in [5, 5.41) is 5.89. The summed E-state index contributed by atoms with van der Waals surface area (Å²) in [6, 6.07) is 63.9. The highest BCUT2D eigenvalue weighted by molar-refractivity contribution is 7.18. The van der Waals surface area contributed by atoms with Gasteiger partial charge in [0.2, 0.25) is 0 Å². The lowest BCUT2D eigenvalue weighted by molar-refractivity contribution is 0.590. The highest BCUT2D eigenvalue weighted by atomic mass is 32.1. The zero-order valence-electron chi connectivity index (χ0n) is 28.2. The average Bonchev–Trinajstić information content (AvgIpc) is 3.70. The molecule has 242 valence electrons. The molecule has 0 N–H and O–H groups in total. The molecule has 8 aromatic carbocycles. The van der Waals surface area contributed by atoms with Crippen LogP contribution < -0.4 is 20.5 Å². The second kappa shape index (κ2) is 11.6. The molecular weight excluding hydrogens is 649 g/mol. The summed E-state index contributed by atoms with van der Waals surface area (Å²) >= 11 is 1.82. The molecule has 0 atom stereocenters. The van der Waals surface area contributed by atoms with Crippen molar-refractivity contribution in [2.45, 2.75) is 0 Å². The Bertz CT molecular complexity index is 2770. The molecule has 0 radical (unpaired) electrons. The van der Waals surface area contributed by atoms with Crippen LogP contribution in [0.25, 0.3) is 65.4 Å². The van der Waals surface area contributed by atoms with E-state index < -0.39 is 0 Å². The standard InChI is InChI=1S/C48H30BNOS/c1-4-12-31(13-5-1)35-21-23-44-41(29-35)45-47-43(30-36-24-25-52-48(36)45)50(42-22-20-34-18-10-11-19-40(34)46(42)49(47)51-44)39-27-37(32-14-6-2-7-15-32)26-38(28-39)33-16-8-3-9-17-33/h1-30H. The highest BCUT2D eigenvalue weighted by Crippen LogP contribution is 2.49. The van der Waals surface area contributed by atoms with Gasteiger partial charge in [0.05, 0.1) is 0 Å². The van der Waals surface area contributed by atoms with Crippen LogP contribution in [0.5, 0.6) is 5.75 Å². The van der Waals surface area contributed by atoms with Crippen molar-refractivity contribution < 1.29 is 4.65 Å². The van der Waals surface area contributed by atoms with Crippen LogP contribution in [-0.2, 0) is 0 Å². The lowest BCUT2D eigenvalue weighted by atomic mass is 9.48. The number of thiophene rings is 1. The number of anilines is 3. The molecule has 2 aliphatic rings. The third-order valence-corrected chi connectivity index (χ3v) is 11.7. The molecule has 52 heavy (non-hydrogen) atoms. The van der Waals surface area contributed by atoms with Gasteiger partial charge in [0.1, 0.15) is 5.75 Å². The van der Waals surface area contributed by atoms with Crippen molar-refractivity contribution in [2.75, 3.05) is 4.90 Å². The van der Waals surface area contributed by atoms with E-state index in [1.165, 1.54) is 70.7 Å². The van der Waals surface area contributed by atoms with Gasteiger partial charge >= 0.3 is 6.92 Å². The summed E-state index contributed by atoms with van der Waals surface area (Å²) in [7, 11) is 0. The molecule has 1 aromatic heterocycles. The van der Waals surface area contributed by atoms with E-state index in [4.69, 9.17) is 4.65 Å². The van der Waals surface area contributed by atoms with Crippen molar-refractivity contribution in [3.8, 4) is 50.3 Å². The van der Waals surface area contributed by atoms with Gasteiger partial charge in [0, 0.05) is 43.8 Å². The zero-order valence-corrected chi connectivity index (χ0v) is 29.0. The lowest BCUT2D eigenvalue weighted by Gasteiger charge is -2.40. The van der Waals surface area contributed by atoms with Gasteiger partial charge in [-0.2, -0.15) is 0 Å². The van der Waals surface area contributed by atoms with Gasteiger partial charge in [-0.25, -0.2) is 0 Å². The van der Waals surface area contributed by atoms with Gasteiger partial charge < -0.3 is 9.55 Å². The van der Waals surface area contributed by atoms with Crippen LogP contribution in [0.1, 0.15) is 0 Å². The molecule has 4 heteroatoms. The van der Waals surface area contributed by atoms with Gasteiger partial charge in [-0.05, 0) is 103 Å². The molecule has 0 bridgehead atoms. The number of benzene rings is 8. The normalized spacial score (nSPS) is 12.7. The van der Waals surface area contributed by atoms with E-state index in [0.717, 1.165) is 28.4 Å². The molecule has 0 fully saturated rings. The summed E-state index contributed by atoms with van der Waals surface area (Å²) in [4.78, 5) is 2.50. The van der Waals surface area contributed by atoms with Crippen molar-refractivity contribution in [2.24, 2.45) is 0 Å². The molecule has 2 aliphatic heterocycles. The summed E-state index contributed by atoms with van der Waals surface area (Å²) in [5.41, 5.74) is 15.4. The monoisotopic (exact) mass is 679 g/mol. The molecule has 0 unspecified atom stereocenters. The highest BCUT2D eigenvalue weighted by Gasteiger charge is 2.44. The minimum Gasteiger partial charge on any atom is -0.551 e. The van der Waals surface area contributed by atoms with E-state index >= 15 is 0 Å². The Balaban J connectivity index is 1.24. The number of hydrogen-bond donors (Lipinski definition) is 0. The molecule has 2 nitrogen and oxygen atoms in total. The Morgan fingerprint density at radius 2 is 1.12 bits per heavy atom. The van der Waals surface area contributed by atoms with Crippen molar-refractivity contribution in [3.05, 3.63) is 181 Å². The molecule has 11 rings (SSSR count).